The normalized spacial score (nSPS) is 21.8. The second kappa shape index (κ2) is 6.80. The average molecular weight is 337 g/mol. The Labute approximate surface area is 140 Å². The van der Waals surface area contributed by atoms with E-state index in [4.69, 9.17) is 4.52 Å². The van der Waals surface area contributed by atoms with E-state index in [1.165, 1.54) is 4.90 Å². The number of urea groups is 1. The van der Waals surface area contributed by atoms with Gasteiger partial charge in [0, 0.05) is 12.6 Å². The third-order valence-corrected chi connectivity index (χ3v) is 5.26. The number of thioether (sulfide) groups is 1. The summed E-state index contributed by atoms with van der Waals surface area (Å²) >= 11 is 1.62. The van der Waals surface area contributed by atoms with Crippen LogP contribution in [0.25, 0.3) is 0 Å². The average Bonchev–Trinajstić information content (AvgIpc) is 3.08. The molecule has 1 aromatic rings. The zero-order chi connectivity index (χ0) is 17.2. The largest absolute Gasteiger partial charge is 0.371 e. The Kier molecular flexibility index (Phi) is 5.21. The van der Waals surface area contributed by atoms with Crippen molar-refractivity contribution in [3.8, 4) is 0 Å². The van der Waals surface area contributed by atoms with Crippen LogP contribution >= 0.6 is 11.8 Å². The fourth-order valence-corrected chi connectivity index (χ4v) is 2.79. The number of carbonyl (C=O) groups is 1. The molecule has 23 heavy (non-hydrogen) atoms. The zero-order valence-corrected chi connectivity index (χ0v) is 14.5. The van der Waals surface area contributed by atoms with Gasteiger partial charge in [0.05, 0.1) is 10.8 Å². The third-order valence-electron chi connectivity index (χ3n) is 4.04. The summed E-state index contributed by atoms with van der Waals surface area (Å²) in [5.41, 5.74) is 0. The highest BCUT2D eigenvalue weighted by molar-refractivity contribution is 7.99. The van der Waals surface area contributed by atoms with Crippen molar-refractivity contribution in [1.29, 1.82) is 0 Å². The first kappa shape index (κ1) is 17.6. The molecular weight excluding hydrogens is 314 g/mol. The minimum absolute atomic E-state index is 0.264. The molecule has 0 radical (unpaired) electrons. The summed E-state index contributed by atoms with van der Waals surface area (Å²) in [5.74, 6) is 0.975. The van der Waals surface area contributed by atoms with Gasteiger partial charge in [0.1, 0.15) is 0 Å². The van der Waals surface area contributed by atoms with Gasteiger partial charge in [-0.25, -0.2) is 9.69 Å². The Morgan fingerprint density at radius 3 is 2.74 bits per heavy atom. The summed E-state index contributed by atoms with van der Waals surface area (Å²) in [7, 11) is 0. The topological polar surface area (TPSA) is 69.8 Å². The summed E-state index contributed by atoms with van der Waals surface area (Å²) in [6, 6.07) is 1.01. The lowest BCUT2D eigenvalue weighted by atomic mass is 10.1. The SMILES string of the molecule is C=CCC1C(O)N(c2cc(C(C)(C)SC)on2)C(=O)N1CC=C. The van der Waals surface area contributed by atoms with E-state index in [1.807, 2.05) is 20.1 Å². The van der Waals surface area contributed by atoms with E-state index in [0.29, 0.717) is 24.5 Å². The van der Waals surface area contributed by atoms with Crippen LogP contribution in [0.3, 0.4) is 0 Å². The lowest BCUT2D eigenvalue weighted by Crippen LogP contribution is -2.37. The van der Waals surface area contributed by atoms with Gasteiger partial charge in [0.15, 0.2) is 17.8 Å². The molecular formula is C16H23N3O3S. The predicted molar refractivity (Wildman–Crippen MR) is 92.4 cm³/mol. The molecule has 0 bridgehead atoms. The first-order valence-electron chi connectivity index (χ1n) is 7.39. The molecule has 1 aliphatic heterocycles. The van der Waals surface area contributed by atoms with Gasteiger partial charge < -0.3 is 14.5 Å². The molecule has 0 spiro atoms. The molecule has 126 valence electrons. The molecule has 1 saturated heterocycles. The van der Waals surface area contributed by atoms with Crippen LogP contribution in [0, 0.1) is 0 Å². The third kappa shape index (κ3) is 3.16. The quantitative estimate of drug-likeness (QED) is 0.775. The highest BCUT2D eigenvalue weighted by Crippen LogP contribution is 2.37. The number of nitrogens with zero attached hydrogens (tertiary/aromatic N) is 3. The molecule has 1 N–H and O–H groups in total. The zero-order valence-electron chi connectivity index (χ0n) is 13.7. The Bertz CT molecular complexity index is 599. The van der Waals surface area contributed by atoms with Gasteiger partial charge in [-0.05, 0) is 26.5 Å². The van der Waals surface area contributed by atoms with E-state index in [-0.39, 0.29) is 16.8 Å². The Balaban J connectivity index is 2.33. The van der Waals surface area contributed by atoms with Crippen LogP contribution < -0.4 is 4.90 Å². The monoisotopic (exact) mass is 337 g/mol. The van der Waals surface area contributed by atoms with Crippen molar-refractivity contribution in [3.63, 3.8) is 0 Å². The van der Waals surface area contributed by atoms with Crippen LogP contribution in [0.5, 0.6) is 0 Å². The molecule has 1 aliphatic rings. The first-order chi connectivity index (χ1) is 10.9. The second-order valence-electron chi connectivity index (χ2n) is 5.86. The summed E-state index contributed by atoms with van der Waals surface area (Å²) < 4.78 is 5.12. The van der Waals surface area contributed by atoms with Gasteiger partial charge >= 0.3 is 6.03 Å². The van der Waals surface area contributed by atoms with Gasteiger partial charge in [-0.3, -0.25) is 0 Å². The molecule has 2 unspecified atom stereocenters. The van der Waals surface area contributed by atoms with Crippen molar-refractivity contribution in [3.05, 3.63) is 37.1 Å². The summed E-state index contributed by atoms with van der Waals surface area (Å²) in [5, 5.41) is 14.5. The van der Waals surface area contributed by atoms with Crippen molar-refractivity contribution >= 4 is 23.6 Å². The number of anilines is 1. The molecule has 2 amide bonds. The standard InChI is InChI=1S/C16H23N3O3S/c1-6-8-11-14(20)19(15(21)18(11)9-7-2)13-10-12(22-17-13)16(3,4)23-5/h6-7,10-11,14,20H,1-2,8-9H2,3-5H3. The summed E-state index contributed by atoms with van der Waals surface area (Å²) in [4.78, 5) is 15.5. The number of aliphatic hydroxyl groups excluding tert-OH is 1. The van der Waals surface area contributed by atoms with Gasteiger partial charge in [-0.2, -0.15) is 11.8 Å². The molecule has 6 nitrogen and oxygen atoms in total. The fourth-order valence-electron chi connectivity index (χ4n) is 2.50. The molecule has 0 saturated carbocycles. The first-order valence-corrected chi connectivity index (χ1v) is 8.62. The van der Waals surface area contributed by atoms with Gasteiger partial charge in [-0.1, -0.05) is 17.3 Å². The van der Waals surface area contributed by atoms with Crippen LogP contribution in [0.2, 0.25) is 0 Å². The summed E-state index contributed by atoms with van der Waals surface area (Å²) in [6.45, 7) is 11.7. The smallest absolute Gasteiger partial charge is 0.328 e. The van der Waals surface area contributed by atoms with E-state index in [1.54, 1.807) is 34.9 Å². The summed E-state index contributed by atoms with van der Waals surface area (Å²) in [6.07, 6.45) is 4.78. The maximum Gasteiger partial charge on any atom is 0.328 e. The van der Waals surface area contributed by atoms with Gasteiger partial charge in [0.25, 0.3) is 0 Å². The maximum absolute atomic E-state index is 12.6. The van der Waals surface area contributed by atoms with E-state index in [9.17, 15) is 9.90 Å². The number of rotatable bonds is 7. The minimum atomic E-state index is -1.00. The Hall–Kier alpha value is -1.73. The van der Waals surface area contributed by atoms with E-state index < -0.39 is 6.23 Å². The molecule has 0 aromatic carbocycles. The highest BCUT2D eigenvalue weighted by Gasteiger charge is 2.46. The fraction of sp³-hybridized carbons (Fsp3) is 0.500. The highest BCUT2D eigenvalue weighted by atomic mass is 32.2. The Morgan fingerprint density at radius 2 is 2.17 bits per heavy atom. The number of hydrogen-bond acceptors (Lipinski definition) is 5. The van der Waals surface area contributed by atoms with Crippen LogP contribution in [-0.2, 0) is 4.75 Å². The molecule has 1 aromatic heterocycles. The van der Waals surface area contributed by atoms with Crippen molar-refractivity contribution in [2.75, 3.05) is 17.7 Å². The molecule has 1 fully saturated rings. The van der Waals surface area contributed by atoms with E-state index >= 15 is 0 Å². The van der Waals surface area contributed by atoms with Crippen molar-refractivity contribution < 1.29 is 14.4 Å². The predicted octanol–water partition coefficient (Wildman–Crippen LogP) is 2.96. The van der Waals surface area contributed by atoms with Gasteiger partial charge in [-0.15, -0.1) is 13.2 Å². The number of amides is 2. The molecule has 7 heteroatoms. The van der Waals surface area contributed by atoms with Crippen LogP contribution in [0.4, 0.5) is 10.6 Å². The number of aliphatic hydroxyl groups is 1. The van der Waals surface area contributed by atoms with Crippen molar-refractivity contribution in [2.45, 2.75) is 37.3 Å². The number of aromatic nitrogens is 1. The van der Waals surface area contributed by atoms with E-state index in [0.717, 1.165) is 0 Å². The van der Waals surface area contributed by atoms with Crippen LogP contribution in [-0.4, -0.2) is 46.3 Å². The molecule has 2 heterocycles. The minimum Gasteiger partial charge on any atom is -0.371 e. The lowest BCUT2D eigenvalue weighted by molar-refractivity contribution is 0.124. The van der Waals surface area contributed by atoms with E-state index in [2.05, 4.69) is 18.3 Å². The van der Waals surface area contributed by atoms with Gasteiger partial charge in [0.2, 0.25) is 0 Å². The second-order valence-corrected chi connectivity index (χ2v) is 7.29. The van der Waals surface area contributed by atoms with Crippen LogP contribution in [0.1, 0.15) is 26.0 Å². The van der Waals surface area contributed by atoms with Crippen LogP contribution in [0.15, 0.2) is 35.9 Å². The van der Waals surface area contributed by atoms with Crippen molar-refractivity contribution in [1.82, 2.24) is 10.1 Å². The molecule has 2 atom stereocenters. The lowest BCUT2D eigenvalue weighted by Gasteiger charge is -2.21. The maximum atomic E-state index is 12.6. The number of hydrogen-bond donors (Lipinski definition) is 1. The number of carbonyl (C=O) groups excluding carboxylic acids is 1. The Morgan fingerprint density at radius 1 is 1.48 bits per heavy atom. The molecule has 2 rings (SSSR count). The molecule has 0 aliphatic carbocycles. The van der Waals surface area contributed by atoms with Crippen molar-refractivity contribution in [2.24, 2.45) is 0 Å².